The van der Waals surface area contributed by atoms with Gasteiger partial charge in [-0.25, -0.2) is 21.6 Å². The summed E-state index contributed by atoms with van der Waals surface area (Å²) in [6, 6.07) is 11.5. The zero-order valence-corrected chi connectivity index (χ0v) is 18.6. The molecule has 7 nitrogen and oxygen atoms in total. The van der Waals surface area contributed by atoms with Crippen LogP contribution >= 0.6 is 11.3 Å². The van der Waals surface area contributed by atoms with Gasteiger partial charge in [0.2, 0.25) is 9.84 Å². The van der Waals surface area contributed by atoms with E-state index >= 15 is 0 Å². The lowest BCUT2D eigenvalue weighted by Gasteiger charge is -2.16. The SMILES string of the molecule is O=C(NS(=O)(=O)c1cc(S(=O)(=O)c2ccccc2)cs1)c1ccc(OC(F)(F)C(F)F)cc1. The summed E-state index contributed by atoms with van der Waals surface area (Å²) < 4.78 is 106. The van der Waals surface area contributed by atoms with Crippen LogP contribution in [0.5, 0.6) is 5.75 Å². The van der Waals surface area contributed by atoms with Gasteiger partial charge < -0.3 is 4.74 Å². The van der Waals surface area contributed by atoms with Crippen LogP contribution in [0.15, 0.2) is 80.0 Å². The Bertz CT molecular complexity index is 1360. The lowest BCUT2D eigenvalue weighted by Crippen LogP contribution is -2.33. The van der Waals surface area contributed by atoms with E-state index in [1.165, 1.54) is 24.3 Å². The summed E-state index contributed by atoms with van der Waals surface area (Å²) in [5.74, 6) is -1.84. The monoisotopic (exact) mass is 523 g/mol. The molecule has 0 spiro atoms. The Balaban J connectivity index is 1.76. The Morgan fingerprint density at radius 3 is 2.12 bits per heavy atom. The van der Waals surface area contributed by atoms with E-state index in [9.17, 15) is 39.2 Å². The fraction of sp³-hybridized carbons (Fsp3) is 0.105. The summed E-state index contributed by atoms with van der Waals surface area (Å²) in [5.41, 5.74) is -0.306. The highest BCUT2D eigenvalue weighted by Gasteiger charge is 2.44. The third-order valence-electron chi connectivity index (χ3n) is 4.03. The molecule has 1 heterocycles. The third kappa shape index (κ3) is 5.51. The van der Waals surface area contributed by atoms with Crippen molar-refractivity contribution in [1.82, 2.24) is 4.72 Å². The molecular weight excluding hydrogens is 510 g/mol. The predicted molar refractivity (Wildman–Crippen MR) is 109 cm³/mol. The van der Waals surface area contributed by atoms with E-state index in [2.05, 4.69) is 4.74 Å². The molecule has 33 heavy (non-hydrogen) atoms. The van der Waals surface area contributed by atoms with Crippen molar-refractivity contribution in [1.29, 1.82) is 0 Å². The maximum atomic E-state index is 12.9. The Hall–Kier alpha value is -2.97. The van der Waals surface area contributed by atoms with Crippen molar-refractivity contribution in [3.05, 3.63) is 71.6 Å². The van der Waals surface area contributed by atoms with Crippen LogP contribution in [0, 0.1) is 0 Å². The lowest BCUT2D eigenvalue weighted by molar-refractivity contribution is -0.253. The smallest absolute Gasteiger partial charge is 0.428 e. The van der Waals surface area contributed by atoms with Gasteiger partial charge in [-0.3, -0.25) is 4.79 Å². The molecule has 0 unspecified atom stereocenters. The first-order valence-electron chi connectivity index (χ1n) is 8.74. The summed E-state index contributed by atoms with van der Waals surface area (Å²) in [7, 11) is -8.46. The molecule has 0 atom stereocenters. The van der Waals surface area contributed by atoms with Crippen LogP contribution in [0.1, 0.15) is 10.4 Å². The van der Waals surface area contributed by atoms with Gasteiger partial charge in [-0.05, 0) is 42.5 Å². The molecule has 14 heteroatoms. The number of ether oxygens (including phenoxy) is 1. The summed E-state index contributed by atoms with van der Waals surface area (Å²) in [4.78, 5) is 11.9. The molecule has 3 aromatic rings. The highest BCUT2D eigenvalue weighted by Crippen LogP contribution is 2.29. The normalized spacial score (nSPS) is 12.5. The molecule has 176 valence electrons. The molecular formula is C19H13F4NO6S3. The largest absolute Gasteiger partial charge is 0.461 e. The summed E-state index contributed by atoms with van der Waals surface area (Å²) in [6.07, 6.45) is -8.82. The highest BCUT2D eigenvalue weighted by atomic mass is 32.2. The van der Waals surface area contributed by atoms with Crippen LogP contribution in [0.2, 0.25) is 0 Å². The Kier molecular flexibility index (Phi) is 6.81. The number of alkyl halides is 4. The standard InChI is InChI=1S/C19H13F4NO6S3/c20-18(21)19(22,23)30-13-8-6-12(7-9-13)17(25)24-33(28,29)16-10-15(11-31-16)32(26,27)14-4-2-1-3-5-14/h1-11,18H,(H,24,25). The zero-order chi connectivity index (χ0) is 24.4. The van der Waals surface area contributed by atoms with Crippen molar-refractivity contribution >= 4 is 37.1 Å². The molecule has 3 rings (SSSR count). The van der Waals surface area contributed by atoms with Crippen molar-refractivity contribution in [2.45, 2.75) is 26.5 Å². The average molecular weight is 524 g/mol. The molecule has 0 aliphatic rings. The predicted octanol–water partition coefficient (Wildman–Crippen LogP) is 3.94. The second-order valence-corrected chi connectivity index (χ2v) is 11.1. The summed E-state index contributed by atoms with van der Waals surface area (Å²) >= 11 is 0.570. The van der Waals surface area contributed by atoms with Gasteiger partial charge in [0.1, 0.15) is 9.96 Å². The van der Waals surface area contributed by atoms with Crippen molar-refractivity contribution in [3.63, 3.8) is 0 Å². The molecule has 0 saturated heterocycles. The number of sulfonamides is 1. The molecule has 0 aliphatic heterocycles. The lowest BCUT2D eigenvalue weighted by atomic mass is 10.2. The number of benzene rings is 2. The van der Waals surface area contributed by atoms with Crippen molar-refractivity contribution in [2.75, 3.05) is 0 Å². The van der Waals surface area contributed by atoms with Gasteiger partial charge in [-0.1, -0.05) is 18.2 Å². The van der Waals surface area contributed by atoms with Crippen LogP contribution < -0.4 is 9.46 Å². The van der Waals surface area contributed by atoms with E-state index < -0.39 is 48.3 Å². The van der Waals surface area contributed by atoms with Gasteiger partial charge in [0.15, 0.2) is 0 Å². The topological polar surface area (TPSA) is 107 Å². The van der Waals surface area contributed by atoms with Crippen LogP contribution in [0.3, 0.4) is 0 Å². The molecule has 1 amide bonds. The molecule has 0 bridgehead atoms. The van der Waals surface area contributed by atoms with Crippen LogP contribution in [0.4, 0.5) is 17.6 Å². The van der Waals surface area contributed by atoms with E-state index in [4.69, 9.17) is 0 Å². The second-order valence-electron chi connectivity index (χ2n) is 6.34. The molecule has 0 saturated carbocycles. The second kappa shape index (κ2) is 9.11. The molecule has 0 aliphatic carbocycles. The minimum absolute atomic E-state index is 0.0458. The van der Waals surface area contributed by atoms with Gasteiger partial charge >= 0.3 is 12.5 Å². The number of nitrogens with one attached hydrogen (secondary N) is 1. The maximum Gasteiger partial charge on any atom is 0.461 e. The van der Waals surface area contributed by atoms with Crippen LogP contribution in [-0.2, 0) is 19.9 Å². The van der Waals surface area contributed by atoms with Gasteiger partial charge in [0.05, 0.1) is 9.79 Å². The third-order valence-corrected chi connectivity index (χ3v) is 8.70. The molecule has 1 aromatic heterocycles. The van der Waals surface area contributed by atoms with Crippen LogP contribution in [-0.4, -0.2) is 35.3 Å². The minimum Gasteiger partial charge on any atom is -0.428 e. The maximum absolute atomic E-state index is 12.9. The fourth-order valence-corrected chi connectivity index (χ4v) is 6.30. The molecule has 0 radical (unpaired) electrons. The first-order valence-corrected chi connectivity index (χ1v) is 12.6. The minimum atomic E-state index is -4.75. The number of rotatable bonds is 8. The Morgan fingerprint density at radius 1 is 0.939 bits per heavy atom. The van der Waals surface area contributed by atoms with Gasteiger partial charge in [-0.2, -0.15) is 17.6 Å². The van der Waals surface area contributed by atoms with Crippen molar-refractivity contribution in [2.24, 2.45) is 0 Å². The molecule has 2 aromatic carbocycles. The number of amides is 1. The molecule has 0 fully saturated rings. The van der Waals surface area contributed by atoms with E-state index in [0.29, 0.717) is 11.3 Å². The average Bonchev–Trinajstić information content (AvgIpc) is 3.26. The van der Waals surface area contributed by atoms with Crippen molar-refractivity contribution < 1.29 is 43.9 Å². The van der Waals surface area contributed by atoms with E-state index in [-0.39, 0.29) is 15.4 Å². The Morgan fingerprint density at radius 2 is 1.55 bits per heavy atom. The highest BCUT2D eigenvalue weighted by molar-refractivity contribution is 7.93. The number of carbonyl (C=O) groups is 1. The first kappa shape index (κ1) is 24.7. The van der Waals surface area contributed by atoms with Gasteiger partial charge in [-0.15, -0.1) is 11.3 Å². The van der Waals surface area contributed by atoms with Gasteiger partial charge in [0.25, 0.3) is 15.9 Å². The quantitative estimate of drug-likeness (QED) is 0.449. The summed E-state index contributed by atoms with van der Waals surface area (Å²) in [5, 5.41) is 1.11. The number of thiophene rings is 1. The fourth-order valence-electron chi connectivity index (χ4n) is 2.43. The van der Waals surface area contributed by atoms with Crippen molar-refractivity contribution in [3.8, 4) is 5.75 Å². The number of hydrogen-bond acceptors (Lipinski definition) is 7. The summed E-state index contributed by atoms with van der Waals surface area (Å²) in [6.45, 7) is 0. The van der Waals surface area contributed by atoms with E-state index in [1.807, 2.05) is 0 Å². The first-order chi connectivity index (χ1) is 15.3. The number of halogens is 4. The van der Waals surface area contributed by atoms with Gasteiger partial charge in [0, 0.05) is 10.9 Å². The van der Waals surface area contributed by atoms with E-state index in [1.54, 1.807) is 10.8 Å². The number of sulfone groups is 1. The molecule has 1 N–H and O–H groups in total. The van der Waals surface area contributed by atoms with Crippen LogP contribution in [0.25, 0.3) is 0 Å². The number of carbonyl (C=O) groups excluding carboxylic acids is 1. The van der Waals surface area contributed by atoms with E-state index in [0.717, 1.165) is 35.7 Å². The Labute approximate surface area is 189 Å². The zero-order valence-electron chi connectivity index (χ0n) is 16.1. The number of hydrogen-bond donors (Lipinski definition) is 1.